The number of halogens is 1. The van der Waals surface area contributed by atoms with Crippen molar-refractivity contribution in [1.82, 2.24) is 4.90 Å². The van der Waals surface area contributed by atoms with E-state index in [1.807, 2.05) is 0 Å². The first-order chi connectivity index (χ1) is 11.1. The lowest BCUT2D eigenvalue weighted by molar-refractivity contribution is -0.138. The molecule has 0 aliphatic carbocycles. The summed E-state index contributed by atoms with van der Waals surface area (Å²) in [5.74, 6) is -1.66. The van der Waals surface area contributed by atoms with E-state index in [9.17, 15) is 14.0 Å². The number of nitrogens with zero attached hydrogens (tertiary/aromatic N) is 1. The van der Waals surface area contributed by atoms with Crippen LogP contribution in [0.2, 0.25) is 0 Å². The van der Waals surface area contributed by atoms with Crippen LogP contribution in [0.5, 0.6) is 0 Å². The summed E-state index contributed by atoms with van der Waals surface area (Å²) in [7, 11) is 0. The molecule has 0 aromatic heterocycles. The molecular weight excluding hydrogens is 301 g/mol. The highest BCUT2D eigenvalue weighted by atomic mass is 19.1. The highest BCUT2D eigenvalue weighted by molar-refractivity contribution is 5.92. The Morgan fingerprint density at radius 1 is 1.30 bits per heavy atom. The maximum atomic E-state index is 13.6. The van der Waals surface area contributed by atoms with Crippen molar-refractivity contribution in [1.29, 1.82) is 0 Å². The molecular formula is C17H20FNO4. The Balaban J connectivity index is 2.08. The Bertz CT molecular complexity index is 582. The highest BCUT2D eigenvalue weighted by Crippen LogP contribution is 2.16. The smallest absolute Gasteiger partial charge is 0.305 e. The van der Waals surface area contributed by atoms with Crippen LogP contribution in [0.3, 0.4) is 0 Å². The predicted molar refractivity (Wildman–Crippen MR) is 83.2 cm³/mol. The van der Waals surface area contributed by atoms with Crippen LogP contribution in [0.4, 0.5) is 4.39 Å². The number of benzene rings is 1. The Hall–Kier alpha value is -2.21. The number of aliphatic carboxylic acids is 1. The number of amides is 1. The summed E-state index contributed by atoms with van der Waals surface area (Å²) < 4.78 is 18.9. The van der Waals surface area contributed by atoms with Crippen LogP contribution in [0.25, 0.3) is 6.08 Å². The average molecular weight is 321 g/mol. The molecule has 6 heteroatoms. The van der Waals surface area contributed by atoms with E-state index in [1.165, 1.54) is 18.2 Å². The summed E-state index contributed by atoms with van der Waals surface area (Å²) >= 11 is 0. The van der Waals surface area contributed by atoms with Crippen molar-refractivity contribution < 1.29 is 23.8 Å². The molecule has 1 aliphatic heterocycles. The fourth-order valence-corrected chi connectivity index (χ4v) is 2.55. The summed E-state index contributed by atoms with van der Waals surface area (Å²) in [6.45, 7) is 1.25. The van der Waals surface area contributed by atoms with Gasteiger partial charge in [-0.2, -0.15) is 0 Å². The summed E-state index contributed by atoms with van der Waals surface area (Å²) in [6.07, 6.45) is 3.97. The van der Waals surface area contributed by atoms with Crippen molar-refractivity contribution in [3.63, 3.8) is 0 Å². The first-order valence-corrected chi connectivity index (χ1v) is 7.60. The van der Waals surface area contributed by atoms with Gasteiger partial charge in [0.2, 0.25) is 5.91 Å². The van der Waals surface area contributed by atoms with Crippen molar-refractivity contribution in [3.05, 3.63) is 41.7 Å². The molecule has 5 nitrogen and oxygen atoms in total. The minimum atomic E-state index is -0.951. The number of carbonyl (C=O) groups is 2. The number of ether oxygens (including phenoxy) is 1. The molecule has 1 saturated heterocycles. The van der Waals surface area contributed by atoms with Crippen LogP contribution in [0.15, 0.2) is 30.3 Å². The van der Waals surface area contributed by atoms with Crippen LogP contribution in [0.1, 0.15) is 24.8 Å². The molecule has 1 amide bonds. The molecule has 1 aromatic rings. The van der Waals surface area contributed by atoms with Crippen molar-refractivity contribution >= 4 is 18.0 Å². The fourth-order valence-electron chi connectivity index (χ4n) is 2.55. The Morgan fingerprint density at radius 3 is 2.65 bits per heavy atom. The van der Waals surface area contributed by atoms with Gasteiger partial charge in [0.25, 0.3) is 0 Å². The Labute approximate surface area is 134 Å². The van der Waals surface area contributed by atoms with Gasteiger partial charge in [-0.15, -0.1) is 0 Å². The molecule has 1 aromatic carbocycles. The summed E-state index contributed by atoms with van der Waals surface area (Å²) in [4.78, 5) is 24.8. The average Bonchev–Trinajstić information content (AvgIpc) is 2.55. The molecule has 2 rings (SSSR count). The summed E-state index contributed by atoms with van der Waals surface area (Å²) in [5.41, 5.74) is 0.325. The minimum absolute atomic E-state index is 0.0409. The maximum Gasteiger partial charge on any atom is 0.305 e. The van der Waals surface area contributed by atoms with Crippen molar-refractivity contribution in [2.45, 2.75) is 25.3 Å². The standard InChI is InChI=1S/C17H20FNO4/c18-15-4-2-1-3-13(15)5-6-16(20)19(10-7-17(21)22)14-8-11-23-12-9-14/h1-6,14H,7-12H2,(H,21,22). The normalized spacial score (nSPS) is 15.7. The lowest BCUT2D eigenvalue weighted by Crippen LogP contribution is -2.43. The van der Waals surface area contributed by atoms with Gasteiger partial charge in [0.15, 0.2) is 0 Å². The molecule has 23 heavy (non-hydrogen) atoms. The van der Waals surface area contributed by atoms with Crippen molar-refractivity contribution in [2.24, 2.45) is 0 Å². The molecule has 0 unspecified atom stereocenters. The summed E-state index contributed by atoms with van der Waals surface area (Å²) in [6, 6.07) is 6.13. The first kappa shape index (κ1) is 17.1. The number of carboxylic acid groups (broad SMARTS) is 1. The lowest BCUT2D eigenvalue weighted by Gasteiger charge is -2.33. The van der Waals surface area contributed by atoms with Gasteiger partial charge in [0.1, 0.15) is 5.82 Å². The number of carbonyl (C=O) groups excluding carboxylic acids is 1. The third-order valence-electron chi connectivity index (χ3n) is 3.79. The van der Waals surface area contributed by atoms with E-state index in [-0.39, 0.29) is 24.9 Å². The molecule has 1 aliphatic rings. The van der Waals surface area contributed by atoms with Crippen LogP contribution in [-0.4, -0.2) is 47.7 Å². The van der Waals surface area contributed by atoms with E-state index in [1.54, 1.807) is 23.1 Å². The van der Waals surface area contributed by atoms with Gasteiger partial charge in [-0.05, 0) is 25.0 Å². The van der Waals surface area contributed by atoms with Crippen LogP contribution >= 0.6 is 0 Å². The van der Waals surface area contributed by atoms with Gasteiger partial charge in [0, 0.05) is 37.4 Å². The van der Waals surface area contributed by atoms with Gasteiger partial charge in [0.05, 0.1) is 6.42 Å². The largest absolute Gasteiger partial charge is 0.481 e. The van der Waals surface area contributed by atoms with Gasteiger partial charge < -0.3 is 14.7 Å². The molecule has 1 heterocycles. The minimum Gasteiger partial charge on any atom is -0.481 e. The van der Waals surface area contributed by atoms with E-state index in [0.717, 1.165) is 0 Å². The third kappa shape index (κ3) is 5.17. The van der Waals surface area contributed by atoms with Crippen LogP contribution in [-0.2, 0) is 14.3 Å². The van der Waals surface area contributed by atoms with E-state index in [0.29, 0.717) is 31.6 Å². The second-order valence-corrected chi connectivity index (χ2v) is 5.37. The zero-order valence-corrected chi connectivity index (χ0v) is 12.8. The monoisotopic (exact) mass is 321 g/mol. The van der Waals surface area contributed by atoms with Gasteiger partial charge in [-0.1, -0.05) is 18.2 Å². The van der Waals surface area contributed by atoms with Gasteiger partial charge in [-0.3, -0.25) is 9.59 Å². The Morgan fingerprint density at radius 2 is 2.00 bits per heavy atom. The molecule has 0 radical (unpaired) electrons. The van der Waals surface area contributed by atoms with E-state index in [2.05, 4.69) is 0 Å². The first-order valence-electron chi connectivity index (χ1n) is 7.60. The second-order valence-electron chi connectivity index (χ2n) is 5.37. The summed E-state index contributed by atoms with van der Waals surface area (Å²) in [5, 5.41) is 8.86. The van der Waals surface area contributed by atoms with E-state index in [4.69, 9.17) is 9.84 Å². The quantitative estimate of drug-likeness (QED) is 0.817. The lowest BCUT2D eigenvalue weighted by atomic mass is 10.1. The van der Waals surface area contributed by atoms with Crippen molar-refractivity contribution in [2.75, 3.05) is 19.8 Å². The topological polar surface area (TPSA) is 66.8 Å². The molecule has 0 atom stereocenters. The molecule has 0 bridgehead atoms. The number of hydrogen-bond acceptors (Lipinski definition) is 3. The third-order valence-corrected chi connectivity index (χ3v) is 3.79. The number of hydrogen-bond donors (Lipinski definition) is 1. The van der Waals surface area contributed by atoms with Crippen LogP contribution in [0, 0.1) is 5.82 Å². The van der Waals surface area contributed by atoms with Crippen molar-refractivity contribution in [3.8, 4) is 0 Å². The molecule has 124 valence electrons. The Kier molecular flexibility index (Phi) is 6.29. The zero-order chi connectivity index (χ0) is 16.7. The molecule has 1 N–H and O–H groups in total. The van der Waals surface area contributed by atoms with Crippen LogP contribution < -0.4 is 0 Å². The SMILES string of the molecule is O=C(O)CCN(C(=O)C=Cc1ccccc1F)C1CCOCC1. The predicted octanol–water partition coefficient (Wildman–Crippen LogP) is 2.32. The number of carboxylic acids is 1. The fraction of sp³-hybridized carbons (Fsp3) is 0.412. The highest BCUT2D eigenvalue weighted by Gasteiger charge is 2.24. The zero-order valence-electron chi connectivity index (χ0n) is 12.8. The maximum absolute atomic E-state index is 13.6. The number of rotatable bonds is 6. The molecule has 1 fully saturated rings. The molecule has 0 spiro atoms. The molecule has 0 saturated carbocycles. The van der Waals surface area contributed by atoms with Gasteiger partial charge in [-0.25, -0.2) is 4.39 Å². The van der Waals surface area contributed by atoms with E-state index < -0.39 is 11.8 Å². The van der Waals surface area contributed by atoms with E-state index >= 15 is 0 Å². The van der Waals surface area contributed by atoms with Gasteiger partial charge >= 0.3 is 5.97 Å². The second kappa shape index (κ2) is 8.43.